The molecule has 2 rings (SSSR count). The third-order valence-electron chi connectivity index (χ3n) is 3.36. The normalized spacial score (nSPS) is 19.0. The summed E-state index contributed by atoms with van der Waals surface area (Å²) >= 11 is 0. The third kappa shape index (κ3) is 3.13. The smallest absolute Gasteiger partial charge is 0.292 e. The van der Waals surface area contributed by atoms with Gasteiger partial charge in [-0.25, -0.2) is 0 Å². The van der Waals surface area contributed by atoms with Gasteiger partial charge < -0.3 is 20.9 Å². The summed E-state index contributed by atoms with van der Waals surface area (Å²) in [6.07, 6.45) is 1.96. The molecule has 1 aromatic heterocycles. The summed E-state index contributed by atoms with van der Waals surface area (Å²) in [4.78, 5) is 27.1. The minimum absolute atomic E-state index is 0.0195. The minimum atomic E-state index is -0.824. The van der Waals surface area contributed by atoms with Gasteiger partial charge in [0.15, 0.2) is 0 Å². The van der Waals surface area contributed by atoms with Crippen molar-refractivity contribution in [1.29, 1.82) is 0 Å². The fourth-order valence-corrected chi connectivity index (χ4v) is 1.83. The van der Waals surface area contributed by atoms with Crippen molar-refractivity contribution in [3.63, 3.8) is 0 Å². The van der Waals surface area contributed by atoms with Gasteiger partial charge in [0.05, 0.1) is 11.5 Å². The molecule has 1 aromatic rings. The second-order valence-electron chi connectivity index (χ2n) is 5.54. The van der Waals surface area contributed by atoms with Gasteiger partial charge in [-0.15, -0.1) is 0 Å². The lowest BCUT2D eigenvalue weighted by Crippen LogP contribution is -2.42. The van der Waals surface area contributed by atoms with Crippen molar-refractivity contribution in [1.82, 2.24) is 20.8 Å². The molecule has 0 aliphatic carbocycles. The van der Waals surface area contributed by atoms with Crippen LogP contribution in [-0.2, 0) is 4.79 Å². The maximum atomic E-state index is 11.9. The van der Waals surface area contributed by atoms with Crippen LogP contribution in [0.15, 0.2) is 4.52 Å². The first-order valence-electron chi connectivity index (χ1n) is 6.55. The van der Waals surface area contributed by atoms with Crippen LogP contribution in [0, 0.1) is 5.41 Å². The molecular weight excluding hydrogens is 262 g/mol. The number of nitrogens with one attached hydrogen (secondary N) is 2. The zero-order chi connectivity index (χ0) is 14.8. The number of rotatable bonds is 5. The summed E-state index contributed by atoms with van der Waals surface area (Å²) in [5.74, 6) is -0.579. The van der Waals surface area contributed by atoms with Crippen LogP contribution in [0.25, 0.3) is 0 Å². The van der Waals surface area contributed by atoms with E-state index in [1.54, 1.807) is 13.8 Å². The Morgan fingerprint density at radius 3 is 2.90 bits per heavy atom. The van der Waals surface area contributed by atoms with Gasteiger partial charge in [-0.1, -0.05) is 5.16 Å². The van der Waals surface area contributed by atoms with Crippen LogP contribution in [0.1, 0.15) is 49.2 Å². The van der Waals surface area contributed by atoms with E-state index in [0.717, 1.165) is 19.4 Å². The third-order valence-corrected chi connectivity index (χ3v) is 3.36. The second-order valence-corrected chi connectivity index (χ2v) is 5.54. The number of nitrogens with zero attached hydrogens (tertiary/aromatic N) is 2. The first-order valence-corrected chi connectivity index (χ1v) is 6.55. The Morgan fingerprint density at radius 1 is 1.55 bits per heavy atom. The Hall–Kier alpha value is -1.96. The van der Waals surface area contributed by atoms with Crippen molar-refractivity contribution in [2.45, 2.75) is 32.7 Å². The molecule has 1 fully saturated rings. The highest BCUT2D eigenvalue weighted by Gasteiger charge is 2.28. The van der Waals surface area contributed by atoms with Gasteiger partial charge in [0.25, 0.3) is 11.7 Å². The van der Waals surface area contributed by atoms with Gasteiger partial charge in [-0.2, -0.15) is 4.98 Å². The van der Waals surface area contributed by atoms with Gasteiger partial charge in [0.1, 0.15) is 0 Å². The van der Waals surface area contributed by atoms with E-state index in [9.17, 15) is 9.59 Å². The highest BCUT2D eigenvalue weighted by Crippen LogP contribution is 2.21. The Labute approximate surface area is 116 Å². The lowest BCUT2D eigenvalue weighted by Gasteiger charge is -2.19. The van der Waals surface area contributed by atoms with Gasteiger partial charge >= 0.3 is 0 Å². The van der Waals surface area contributed by atoms with Crippen LogP contribution < -0.4 is 16.4 Å². The predicted molar refractivity (Wildman–Crippen MR) is 69.6 cm³/mol. The Kier molecular flexibility index (Phi) is 4.03. The van der Waals surface area contributed by atoms with Crippen LogP contribution >= 0.6 is 0 Å². The Bertz CT molecular complexity index is 505. The van der Waals surface area contributed by atoms with E-state index in [2.05, 4.69) is 20.8 Å². The first-order chi connectivity index (χ1) is 9.40. The van der Waals surface area contributed by atoms with Gasteiger partial charge in [0.2, 0.25) is 11.8 Å². The number of hydrogen-bond acceptors (Lipinski definition) is 6. The molecular formula is C12H19N5O3. The quantitative estimate of drug-likeness (QED) is 0.683. The fraction of sp³-hybridized carbons (Fsp3) is 0.667. The standard InChI is InChI=1S/C12H19N5O3/c1-12(2,11(13)19)6-15-9(18)8-16-10(20-17-8)7-4-3-5-14-7/h7,14H,3-6H2,1-2H3,(H2,13,19)(H,15,18). The predicted octanol–water partition coefficient (Wildman–Crippen LogP) is -0.265. The number of nitrogens with two attached hydrogens (primary N) is 1. The molecule has 2 heterocycles. The summed E-state index contributed by atoms with van der Waals surface area (Å²) in [5, 5.41) is 9.44. The molecule has 2 amide bonds. The molecule has 0 aromatic carbocycles. The lowest BCUT2D eigenvalue weighted by molar-refractivity contribution is -0.125. The van der Waals surface area contributed by atoms with E-state index in [0.29, 0.717) is 5.89 Å². The van der Waals surface area contributed by atoms with Crippen LogP contribution in [0.2, 0.25) is 0 Å². The Balaban J connectivity index is 1.94. The zero-order valence-electron chi connectivity index (χ0n) is 11.6. The van der Waals surface area contributed by atoms with Crippen LogP contribution in [0.5, 0.6) is 0 Å². The zero-order valence-corrected chi connectivity index (χ0v) is 11.6. The second kappa shape index (κ2) is 5.58. The maximum Gasteiger partial charge on any atom is 0.292 e. The maximum absolute atomic E-state index is 11.9. The number of carbonyl (C=O) groups excluding carboxylic acids is 2. The molecule has 4 N–H and O–H groups in total. The van der Waals surface area contributed by atoms with E-state index in [1.807, 2.05) is 0 Å². The molecule has 0 bridgehead atoms. The molecule has 0 saturated carbocycles. The minimum Gasteiger partial charge on any atom is -0.369 e. The molecule has 0 radical (unpaired) electrons. The van der Waals surface area contributed by atoms with Gasteiger partial charge in [-0.3, -0.25) is 9.59 Å². The molecule has 8 heteroatoms. The monoisotopic (exact) mass is 281 g/mol. The van der Waals surface area contributed by atoms with Crippen molar-refractivity contribution in [3.05, 3.63) is 11.7 Å². The molecule has 1 aliphatic rings. The summed E-state index contributed by atoms with van der Waals surface area (Å²) in [5.41, 5.74) is 4.41. The van der Waals surface area contributed by atoms with Crippen molar-refractivity contribution < 1.29 is 14.1 Å². The van der Waals surface area contributed by atoms with E-state index >= 15 is 0 Å². The van der Waals surface area contributed by atoms with Crippen LogP contribution in [0.4, 0.5) is 0 Å². The van der Waals surface area contributed by atoms with Crippen molar-refractivity contribution in [2.24, 2.45) is 11.1 Å². The molecule has 1 atom stereocenters. The Morgan fingerprint density at radius 2 is 2.30 bits per heavy atom. The van der Waals surface area contributed by atoms with E-state index < -0.39 is 17.2 Å². The van der Waals surface area contributed by atoms with Crippen molar-refractivity contribution >= 4 is 11.8 Å². The summed E-state index contributed by atoms with van der Waals surface area (Å²) in [7, 11) is 0. The fourth-order valence-electron chi connectivity index (χ4n) is 1.83. The number of primary amides is 1. The average molecular weight is 281 g/mol. The molecule has 110 valence electrons. The average Bonchev–Trinajstić information content (AvgIpc) is 3.05. The van der Waals surface area contributed by atoms with Crippen LogP contribution in [0.3, 0.4) is 0 Å². The van der Waals surface area contributed by atoms with Crippen molar-refractivity contribution in [3.8, 4) is 0 Å². The molecule has 20 heavy (non-hydrogen) atoms. The molecule has 1 saturated heterocycles. The molecule has 8 nitrogen and oxygen atoms in total. The van der Waals surface area contributed by atoms with E-state index in [4.69, 9.17) is 10.3 Å². The number of aromatic nitrogens is 2. The molecule has 1 unspecified atom stereocenters. The molecule has 0 spiro atoms. The van der Waals surface area contributed by atoms with Gasteiger partial charge in [0, 0.05) is 6.54 Å². The SMILES string of the molecule is CC(C)(CNC(=O)c1noc(C2CCCN2)n1)C(N)=O. The number of hydrogen-bond donors (Lipinski definition) is 3. The largest absolute Gasteiger partial charge is 0.369 e. The van der Waals surface area contributed by atoms with Crippen molar-refractivity contribution in [2.75, 3.05) is 13.1 Å². The summed E-state index contributed by atoms with van der Waals surface area (Å²) in [6, 6.07) is 0.0195. The molecule has 1 aliphatic heterocycles. The first kappa shape index (κ1) is 14.4. The highest BCUT2D eigenvalue weighted by molar-refractivity contribution is 5.91. The highest BCUT2D eigenvalue weighted by atomic mass is 16.5. The van der Waals surface area contributed by atoms with E-state index in [-0.39, 0.29) is 18.4 Å². The van der Waals surface area contributed by atoms with Gasteiger partial charge in [-0.05, 0) is 33.2 Å². The number of amides is 2. The number of carbonyl (C=O) groups is 2. The van der Waals surface area contributed by atoms with Crippen LogP contribution in [-0.4, -0.2) is 35.0 Å². The lowest BCUT2D eigenvalue weighted by atomic mass is 9.93. The van der Waals surface area contributed by atoms with E-state index in [1.165, 1.54) is 0 Å². The summed E-state index contributed by atoms with van der Waals surface area (Å²) < 4.78 is 5.07. The topological polar surface area (TPSA) is 123 Å². The summed E-state index contributed by atoms with van der Waals surface area (Å²) in [6.45, 7) is 4.33.